The van der Waals surface area contributed by atoms with Crippen LogP contribution in [0.25, 0.3) is 11.3 Å². The summed E-state index contributed by atoms with van der Waals surface area (Å²) in [6, 6.07) is 10.2. The molecule has 1 saturated heterocycles. The molecule has 0 bridgehead atoms. The Hall–Kier alpha value is -3.03. The summed E-state index contributed by atoms with van der Waals surface area (Å²) in [5.74, 6) is 1.50. The van der Waals surface area contributed by atoms with E-state index in [0.29, 0.717) is 25.6 Å². The molecule has 0 aliphatic carbocycles. The van der Waals surface area contributed by atoms with Crippen molar-refractivity contribution in [3.63, 3.8) is 0 Å². The Labute approximate surface area is 171 Å². The quantitative estimate of drug-likeness (QED) is 0.532. The fourth-order valence-electron chi connectivity index (χ4n) is 2.92. The number of nitrogens with one attached hydrogen (secondary N) is 3. The number of aromatic nitrogens is 2. The van der Waals surface area contributed by atoms with Gasteiger partial charge in [-0.2, -0.15) is 0 Å². The van der Waals surface area contributed by atoms with Crippen molar-refractivity contribution < 1.29 is 9.53 Å². The van der Waals surface area contributed by atoms with Crippen LogP contribution in [-0.2, 0) is 11.3 Å². The highest BCUT2D eigenvalue weighted by molar-refractivity contribution is 5.80. The van der Waals surface area contributed by atoms with E-state index in [-0.39, 0.29) is 12.1 Å². The highest BCUT2D eigenvalue weighted by atomic mass is 16.6. The van der Waals surface area contributed by atoms with Crippen LogP contribution in [0, 0.1) is 0 Å². The van der Waals surface area contributed by atoms with Crippen molar-refractivity contribution in [2.24, 2.45) is 4.99 Å². The number of aromatic amines is 1. The van der Waals surface area contributed by atoms with Crippen molar-refractivity contribution in [3.05, 3.63) is 42.4 Å². The third kappa shape index (κ3) is 5.97. The van der Waals surface area contributed by atoms with E-state index in [9.17, 15) is 4.79 Å². The molecule has 2 aromatic rings. The summed E-state index contributed by atoms with van der Waals surface area (Å²) < 4.78 is 5.39. The topological polar surface area (TPSA) is 94.6 Å². The van der Waals surface area contributed by atoms with Crippen LogP contribution in [0.4, 0.5) is 4.79 Å². The van der Waals surface area contributed by atoms with E-state index in [1.807, 2.05) is 64.2 Å². The normalized spacial score (nSPS) is 15.0. The molecule has 8 nitrogen and oxygen atoms in total. The number of likely N-dealkylation sites (tertiary alicyclic amines) is 1. The third-order valence-electron chi connectivity index (χ3n) is 4.32. The van der Waals surface area contributed by atoms with Gasteiger partial charge in [0.2, 0.25) is 0 Å². The number of imidazole rings is 1. The lowest BCUT2D eigenvalue weighted by Gasteiger charge is -2.40. The van der Waals surface area contributed by atoms with Gasteiger partial charge in [-0.25, -0.2) is 14.8 Å². The van der Waals surface area contributed by atoms with Crippen molar-refractivity contribution in [2.75, 3.05) is 19.6 Å². The van der Waals surface area contributed by atoms with Gasteiger partial charge in [-0.05, 0) is 33.3 Å². The number of benzene rings is 1. The lowest BCUT2D eigenvalue weighted by atomic mass is 10.1. The maximum absolute atomic E-state index is 12.0. The number of hydrogen-bond donors (Lipinski definition) is 3. The number of amides is 1. The lowest BCUT2D eigenvalue weighted by molar-refractivity contribution is 0.00701. The van der Waals surface area contributed by atoms with Gasteiger partial charge in [0.05, 0.1) is 17.9 Å². The summed E-state index contributed by atoms with van der Waals surface area (Å²) in [6.45, 7) is 10.0. The second-order valence-corrected chi connectivity index (χ2v) is 8.03. The van der Waals surface area contributed by atoms with Gasteiger partial charge in [0.15, 0.2) is 5.96 Å². The maximum Gasteiger partial charge on any atom is 0.410 e. The number of carbonyl (C=O) groups excluding carboxylic acids is 1. The SMILES string of the molecule is CCNC(=NCc1ncc(-c2ccccc2)[nH]1)NC1CN(C(=O)OC(C)(C)C)C1. The zero-order valence-corrected chi connectivity index (χ0v) is 17.5. The Balaban J connectivity index is 1.52. The summed E-state index contributed by atoms with van der Waals surface area (Å²) in [4.78, 5) is 26.1. The largest absolute Gasteiger partial charge is 0.444 e. The molecule has 1 aromatic heterocycles. The molecule has 1 aliphatic rings. The van der Waals surface area contributed by atoms with Crippen LogP contribution in [0.5, 0.6) is 0 Å². The molecule has 3 N–H and O–H groups in total. The molecule has 29 heavy (non-hydrogen) atoms. The number of nitrogens with zero attached hydrogens (tertiary/aromatic N) is 3. The van der Waals surface area contributed by atoms with Crippen LogP contribution < -0.4 is 10.6 Å². The molecule has 1 amide bonds. The molecule has 1 aliphatic heterocycles. The Morgan fingerprint density at radius 1 is 1.31 bits per heavy atom. The number of carbonyl (C=O) groups is 1. The van der Waals surface area contributed by atoms with E-state index in [1.165, 1.54) is 0 Å². The number of aliphatic imine (C=N–C) groups is 1. The zero-order chi connectivity index (χ0) is 20.9. The number of ether oxygens (including phenoxy) is 1. The Bertz CT molecular complexity index is 834. The van der Waals surface area contributed by atoms with Crippen molar-refractivity contribution >= 4 is 12.1 Å². The third-order valence-corrected chi connectivity index (χ3v) is 4.32. The van der Waals surface area contributed by atoms with Crippen molar-refractivity contribution in [1.29, 1.82) is 0 Å². The highest BCUT2D eigenvalue weighted by Crippen LogP contribution is 2.17. The molecule has 8 heteroatoms. The average Bonchev–Trinajstić information content (AvgIpc) is 3.10. The molecule has 3 rings (SSSR count). The van der Waals surface area contributed by atoms with E-state index < -0.39 is 5.60 Å². The Morgan fingerprint density at radius 2 is 2.03 bits per heavy atom. The molecule has 0 atom stereocenters. The van der Waals surface area contributed by atoms with Gasteiger partial charge in [0.25, 0.3) is 0 Å². The summed E-state index contributed by atoms with van der Waals surface area (Å²) in [6.07, 6.45) is 1.55. The molecule has 0 saturated carbocycles. The van der Waals surface area contributed by atoms with Crippen molar-refractivity contribution in [3.8, 4) is 11.3 Å². The molecule has 0 unspecified atom stereocenters. The predicted molar refractivity (Wildman–Crippen MR) is 114 cm³/mol. The minimum Gasteiger partial charge on any atom is -0.444 e. The van der Waals surface area contributed by atoms with Gasteiger partial charge in [0, 0.05) is 19.6 Å². The summed E-state index contributed by atoms with van der Waals surface area (Å²) in [7, 11) is 0. The number of guanidine groups is 1. The first-order valence-corrected chi connectivity index (χ1v) is 9.96. The van der Waals surface area contributed by atoms with Gasteiger partial charge in [-0.3, -0.25) is 0 Å². The van der Waals surface area contributed by atoms with Gasteiger partial charge in [-0.15, -0.1) is 0 Å². The van der Waals surface area contributed by atoms with Crippen molar-refractivity contribution in [1.82, 2.24) is 25.5 Å². The van der Waals surface area contributed by atoms with Gasteiger partial charge >= 0.3 is 6.09 Å². The first-order valence-electron chi connectivity index (χ1n) is 9.96. The summed E-state index contributed by atoms with van der Waals surface area (Å²) in [5, 5.41) is 6.59. The second-order valence-electron chi connectivity index (χ2n) is 8.03. The molecule has 0 spiro atoms. The van der Waals surface area contributed by atoms with Crippen LogP contribution in [0.1, 0.15) is 33.5 Å². The smallest absolute Gasteiger partial charge is 0.410 e. The number of H-pyrrole nitrogens is 1. The van der Waals surface area contributed by atoms with Crippen LogP contribution in [0.3, 0.4) is 0 Å². The average molecular weight is 399 g/mol. The predicted octanol–water partition coefficient (Wildman–Crippen LogP) is 2.75. The lowest BCUT2D eigenvalue weighted by Crippen LogP contribution is -2.63. The zero-order valence-electron chi connectivity index (χ0n) is 17.5. The number of rotatable bonds is 5. The summed E-state index contributed by atoms with van der Waals surface area (Å²) in [5.41, 5.74) is 1.59. The minimum atomic E-state index is -0.479. The van der Waals surface area contributed by atoms with E-state index in [1.54, 1.807) is 4.90 Å². The minimum absolute atomic E-state index is 0.150. The van der Waals surface area contributed by atoms with E-state index >= 15 is 0 Å². The highest BCUT2D eigenvalue weighted by Gasteiger charge is 2.34. The van der Waals surface area contributed by atoms with Crippen LogP contribution in [0.15, 0.2) is 41.5 Å². The van der Waals surface area contributed by atoms with Crippen molar-refractivity contribution in [2.45, 2.75) is 45.9 Å². The van der Waals surface area contributed by atoms with Crippen LogP contribution in [-0.4, -0.2) is 58.2 Å². The first kappa shape index (κ1) is 20.7. The van der Waals surface area contributed by atoms with E-state index in [0.717, 1.165) is 23.6 Å². The molecule has 0 radical (unpaired) electrons. The Morgan fingerprint density at radius 3 is 2.69 bits per heavy atom. The van der Waals surface area contributed by atoms with E-state index in [4.69, 9.17) is 4.74 Å². The standard InChI is InChI=1S/C21H30N6O2/c1-5-22-19(25-16-13-27(14-16)20(28)29-21(2,3)4)24-12-18-23-11-17(26-18)15-9-7-6-8-10-15/h6-11,16H,5,12-14H2,1-4H3,(H,23,26)(H2,22,24,25). The maximum atomic E-state index is 12.0. The fourth-order valence-corrected chi connectivity index (χ4v) is 2.92. The molecule has 2 heterocycles. The Kier molecular flexibility index (Phi) is 6.41. The molecular weight excluding hydrogens is 368 g/mol. The van der Waals surface area contributed by atoms with E-state index in [2.05, 4.69) is 25.6 Å². The molecule has 1 fully saturated rings. The van der Waals surface area contributed by atoms with Crippen LogP contribution >= 0.6 is 0 Å². The van der Waals surface area contributed by atoms with Gasteiger partial charge in [0.1, 0.15) is 18.0 Å². The van der Waals surface area contributed by atoms with Crippen LogP contribution in [0.2, 0.25) is 0 Å². The molecular formula is C21H30N6O2. The fraction of sp³-hybridized carbons (Fsp3) is 0.476. The number of hydrogen-bond acceptors (Lipinski definition) is 4. The first-order chi connectivity index (χ1) is 13.8. The summed E-state index contributed by atoms with van der Waals surface area (Å²) >= 11 is 0. The monoisotopic (exact) mass is 398 g/mol. The molecule has 156 valence electrons. The second kappa shape index (κ2) is 8.98. The van der Waals surface area contributed by atoms with Gasteiger partial charge in [-0.1, -0.05) is 30.3 Å². The molecule has 1 aromatic carbocycles. The van der Waals surface area contributed by atoms with Gasteiger partial charge < -0.3 is 25.3 Å².